The number of nitrogens with zero attached hydrogens (tertiary/aromatic N) is 1. The normalized spacial score (nSPS) is 11.4. The van der Waals surface area contributed by atoms with Crippen LogP contribution in [-0.4, -0.2) is 17.4 Å². The summed E-state index contributed by atoms with van der Waals surface area (Å²) >= 11 is 5.53. The first kappa shape index (κ1) is 15.6. The van der Waals surface area contributed by atoms with Gasteiger partial charge >= 0.3 is 6.18 Å². The van der Waals surface area contributed by atoms with Gasteiger partial charge < -0.3 is 11.1 Å². The average Bonchev–Trinajstić information content (AvgIpc) is 2.26. The van der Waals surface area contributed by atoms with Gasteiger partial charge in [0.05, 0.1) is 5.56 Å². The lowest BCUT2D eigenvalue weighted by Crippen LogP contribution is -2.11. The van der Waals surface area contributed by atoms with Crippen molar-refractivity contribution in [2.75, 3.05) is 11.9 Å². The second-order valence-corrected chi connectivity index (χ2v) is 4.30. The van der Waals surface area contributed by atoms with E-state index in [4.69, 9.17) is 17.3 Å². The second kappa shape index (κ2) is 6.60. The van der Waals surface area contributed by atoms with Gasteiger partial charge in [-0.1, -0.05) is 11.6 Å². The first-order chi connectivity index (χ1) is 8.79. The lowest BCUT2D eigenvalue weighted by Gasteiger charge is -2.10. The summed E-state index contributed by atoms with van der Waals surface area (Å²) < 4.78 is 37.5. The lowest BCUT2D eigenvalue weighted by atomic mass is 10.2. The third-order valence-electron chi connectivity index (χ3n) is 2.28. The van der Waals surface area contributed by atoms with Crippen LogP contribution in [0.15, 0.2) is 12.1 Å². The van der Waals surface area contributed by atoms with E-state index in [1.54, 1.807) is 0 Å². The molecule has 4 nitrogen and oxygen atoms in total. The molecule has 0 aliphatic carbocycles. The SMILES string of the molecule is NC(=O)CCCCNc1cc(C(F)(F)F)cc(Cl)n1. The third-order valence-corrected chi connectivity index (χ3v) is 2.47. The number of carbonyl (C=O) groups excluding carboxylic acids is 1. The Labute approximate surface area is 113 Å². The van der Waals surface area contributed by atoms with Crippen LogP contribution in [0.5, 0.6) is 0 Å². The second-order valence-electron chi connectivity index (χ2n) is 3.91. The molecule has 8 heteroatoms. The van der Waals surface area contributed by atoms with Crippen molar-refractivity contribution in [1.82, 2.24) is 4.98 Å². The standard InChI is InChI=1S/C11H13ClF3N3O/c12-8-5-7(11(13,14)15)6-10(18-8)17-4-2-1-3-9(16)19/h5-6H,1-4H2,(H2,16,19)(H,17,18). The number of nitrogens with two attached hydrogens (primary N) is 1. The molecule has 1 amide bonds. The van der Waals surface area contributed by atoms with Crippen molar-refractivity contribution in [2.45, 2.75) is 25.4 Å². The summed E-state index contributed by atoms with van der Waals surface area (Å²) in [6.45, 7) is 0.387. The summed E-state index contributed by atoms with van der Waals surface area (Å²) in [6.07, 6.45) is -3.05. The number of carbonyl (C=O) groups is 1. The molecule has 0 atom stereocenters. The third kappa shape index (κ3) is 5.78. The van der Waals surface area contributed by atoms with Crippen LogP contribution in [-0.2, 0) is 11.0 Å². The molecule has 0 saturated carbocycles. The van der Waals surface area contributed by atoms with E-state index in [2.05, 4.69) is 10.3 Å². The number of anilines is 1. The fraction of sp³-hybridized carbons (Fsp3) is 0.455. The number of primary amides is 1. The number of amides is 1. The van der Waals surface area contributed by atoms with Gasteiger partial charge in [0, 0.05) is 13.0 Å². The van der Waals surface area contributed by atoms with E-state index < -0.39 is 17.6 Å². The molecule has 1 aromatic rings. The number of halogens is 4. The zero-order valence-electron chi connectivity index (χ0n) is 9.93. The number of unbranched alkanes of at least 4 members (excludes halogenated alkanes) is 1. The lowest BCUT2D eigenvalue weighted by molar-refractivity contribution is -0.137. The van der Waals surface area contributed by atoms with Crippen LogP contribution in [0.2, 0.25) is 5.15 Å². The number of rotatable bonds is 6. The predicted molar refractivity (Wildman–Crippen MR) is 65.8 cm³/mol. The topological polar surface area (TPSA) is 68.0 Å². The Bertz CT molecular complexity index is 451. The first-order valence-corrected chi connectivity index (χ1v) is 5.94. The van der Waals surface area contributed by atoms with Gasteiger partial charge in [-0.25, -0.2) is 4.98 Å². The van der Waals surface area contributed by atoms with Crippen molar-refractivity contribution in [1.29, 1.82) is 0 Å². The minimum atomic E-state index is -4.46. The molecule has 0 radical (unpaired) electrons. The highest BCUT2D eigenvalue weighted by molar-refractivity contribution is 6.29. The van der Waals surface area contributed by atoms with Crippen molar-refractivity contribution >= 4 is 23.3 Å². The Morgan fingerprint density at radius 2 is 2.05 bits per heavy atom. The van der Waals surface area contributed by atoms with Crippen LogP contribution in [0.3, 0.4) is 0 Å². The molecule has 0 aromatic carbocycles. The van der Waals surface area contributed by atoms with E-state index in [-0.39, 0.29) is 17.4 Å². The van der Waals surface area contributed by atoms with Crippen molar-refractivity contribution < 1.29 is 18.0 Å². The van der Waals surface area contributed by atoms with Crippen LogP contribution in [0, 0.1) is 0 Å². The maximum Gasteiger partial charge on any atom is 0.416 e. The molecule has 3 N–H and O–H groups in total. The number of hydrogen-bond acceptors (Lipinski definition) is 3. The van der Waals surface area contributed by atoms with Crippen LogP contribution in [0.25, 0.3) is 0 Å². The molecule has 1 heterocycles. The molecule has 1 rings (SSSR count). The van der Waals surface area contributed by atoms with Gasteiger partial charge in [-0.15, -0.1) is 0 Å². The average molecular weight is 296 g/mol. The molecule has 0 aliphatic heterocycles. The van der Waals surface area contributed by atoms with Gasteiger partial charge in [-0.2, -0.15) is 13.2 Å². The Kier molecular flexibility index (Phi) is 5.41. The van der Waals surface area contributed by atoms with Crippen LogP contribution < -0.4 is 11.1 Å². The smallest absolute Gasteiger partial charge is 0.370 e. The van der Waals surface area contributed by atoms with Gasteiger partial charge in [0.15, 0.2) is 0 Å². The van der Waals surface area contributed by atoms with Crippen molar-refractivity contribution in [3.63, 3.8) is 0 Å². The van der Waals surface area contributed by atoms with E-state index in [0.29, 0.717) is 19.4 Å². The van der Waals surface area contributed by atoms with Crippen LogP contribution in [0.4, 0.5) is 19.0 Å². The Balaban J connectivity index is 2.54. The number of nitrogens with one attached hydrogen (secondary N) is 1. The van der Waals surface area contributed by atoms with Gasteiger partial charge in [0.1, 0.15) is 11.0 Å². The van der Waals surface area contributed by atoms with Gasteiger partial charge in [-0.05, 0) is 25.0 Å². The fourth-order valence-electron chi connectivity index (χ4n) is 1.39. The summed E-state index contributed by atoms with van der Waals surface area (Å²) in [7, 11) is 0. The molecule has 0 bridgehead atoms. The van der Waals surface area contributed by atoms with Crippen molar-refractivity contribution in [3.8, 4) is 0 Å². The fourth-order valence-corrected chi connectivity index (χ4v) is 1.60. The van der Waals surface area contributed by atoms with E-state index in [1.807, 2.05) is 0 Å². The van der Waals surface area contributed by atoms with E-state index in [1.165, 1.54) is 0 Å². The quantitative estimate of drug-likeness (QED) is 0.626. The van der Waals surface area contributed by atoms with Crippen LogP contribution >= 0.6 is 11.6 Å². The number of pyridine rings is 1. The molecule has 0 unspecified atom stereocenters. The first-order valence-electron chi connectivity index (χ1n) is 5.56. The van der Waals surface area contributed by atoms with Gasteiger partial charge in [0.25, 0.3) is 0 Å². The highest BCUT2D eigenvalue weighted by Crippen LogP contribution is 2.31. The maximum atomic E-state index is 12.5. The summed E-state index contributed by atoms with van der Waals surface area (Å²) in [5, 5.41) is 2.50. The molecule has 0 spiro atoms. The highest BCUT2D eigenvalue weighted by atomic mass is 35.5. The molecule has 0 saturated heterocycles. The van der Waals surface area contributed by atoms with E-state index in [0.717, 1.165) is 12.1 Å². The van der Waals surface area contributed by atoms with E-state index >= 15 is 0 Å². The zero-order valence-corrected chi connectivity index (χ0v) is 10.7. The van der Waals surface area contributed by atoms with Crippen molar-refractivity contribution in [2.24, 2.45) is 5.73 Å². The summed E-state index contributed by atoms with van der Waals surface area (Å²) in [6, 6.07) is 1.65. The molecular formula is C11H13ClF3N3O. The molecule has 0 aliphatic rings. The monoisotopic (exact) mass is 295 g/mol. The van der Waals surface area contributed by atoms with Gasteiger partial charge in [-0.3, -0.25) is 4.79 Å². The molecule has 106 valence electrons. The van der Waals surface area contributed by atoms with Gasteiger partial charge in [0.2, 0.25) is 5.91 Å². The van der Waals surface area contributed by atoms with E-state index in [9.17, 15) is 18.0 Å². The predicted octanol–water partition coefficient (Wildman–Crippen LogP) is 2.82. The number of hydrogen-bond donors (Lipinski definition) is 2. The maximum absolute atomic E-state index is 12.5. The largest absolute Gasteiger partial charge is 0.416 e. The van der Waals surface area contributed by atoms with Crippen molar-refractivity contribution in [3.05, 3.63) is 22.8 Å². The number of alkyl halides is 3. The molecule has 19 heavy (non-hydrogen) atoms. The molecule has 1 aromatic heterocycles. The Morgan fingerprint density at radius 1 is 1.37 bits per heavy atom. The Hall–Kier alpha value is -1.50. The minimum Gasteiger partial charge on any atom is -0.370 e. The van der Waals surface area contributed by atoms with Crippen LogP contribution in [0.1, 0.15) is 24.8 Å². The molecular weight excluding hydrogens is 283 g/mol. The zero-order chi connectivity index (χ0) is 14.5. The minimum absolute atomic E-state index is 0.0545. The summed E-state index contributed by atoms with van der Waals surface area (Å²) in [5.41, 5.74) is 4.10. The number of aromatic nitrogens is 1. The Morgan fingerprint density at radius 3 is 2.63 bits per heavy atom. The molecule has 0 fully saturated rings. The highest BCUT2D eigenvalue weighted by Gasteiger charge is 2.31. The summed E-state index contributed by atoms with van der Waals surface area (Å²) in [4.78, 5) is 14.2. The summed E-state index contributed by atoms with van der Waals surface area (Å²) in [5.74, 6) is -0.348.